The summed E-state index contributed by atoms with van der Waals surface area (Å²) >= 11 is 0. The number of hydrogen-bond acceptors (Lipinski definition) is 2. The minimum atomic E-state index is -0.249. The predicted octanol–water partition coefficient (Wildman–Crippen LogP) is 11.5. The molecule has 0 aliphatic heterocycles. The molecule has 0 N–H and O–H groups in total. The van der Waals surface area contributed by atoms with Crippen molar-refractivity contribution >= 4 is 71.2 Å². The molecule has 3 heteroatoms. The Morgan fingerprint density at radius 3 is 2.09 bits per heavy atom. The Morgan fingerprint density at radius 2 is 1.25 bits per heavy atom. The molecule has 0 fully saturated rings. The van der Waals surface area contributed by atoms with E-state index in [-0.39, 0.29) is 5.41 Å². The predicted molar refractivity (Wildman–Crippen MR) is 233 cm³/mol. The molecule has 1 atom stereocenters. The maximum absolute atomic E-state index is 5.08. The Kier molecular flexibility index (Phi) is 6.53. The van der Waals surface area contributed by atoms with Crippen LogP contribution in [0.2, 0.25) is 0 Å². The van der Waals surface area contributed by atoms with E-state index in [0.717, 1.165) is 50.5 Å². The summed E-state index contributed by atoms with van der Waals surface area (Å²) in [4.78, 5) is 10.0. The number of fused-ring (bicyclic) bond motifs is 12. The first kappa shape index (κ1) is 31.3. The second-order valence-electron chi connectivity index (χ2n) is 15.6. The van der Waals surface area contributed by atoms with E-state index >= 15 is 0 Å². The Morgan fingerprint density at radius 1 is 0.554 bits per heavy atom. The van der Waals surface area contributed by atoms with Crippen molar-refractivity contribution in [3.05, 3.63) is 209 Å². The van der Waals surface area contributed by atoms with E-state index < -0.39 is 0 Å². The number of para-hydroxylation sites is 2. The Balaban J connectivity index is 1.19. The van der Waals surface area contributed by atoms with Gasteiger partial charge in [-0.1, -0.05) is 128 Å². The van der Waals surface area contributed by atoms with Crippen LogP contribution in [0.25, 0.3) is 82.3 Å². The van der Waals surface area contributed by atoms with Gasteiger partial charge in [-0.2, -0.15) is 0 Å². The van der Waals surface area contributed by atoms with Gasteiger partial charge in [0.1, 0.15) is 5.65 Å². The summed E-state index contributed by atoms with van der Waals surface area (Å²) in [6.45, 7) is 2.46. The maximum Gasteiger partial charge on any atom is 0.147 e. The molecule has 1 unspecified atom stereocenters. The molecule has 0 saturated carbocycles. The highest BCUT2D eigenvalue weighted by atomic mass is 15.0. The molecule has 0 amide bonds. The molecule has 12 rings (SSSR count). The van der Waals surface area contributed by atoms with E-state index in [9.17, 15) is 0 Å². The number of rotatable bonds is 3. The lowest BCUT2D eigenvalue weighted by atomic mass is 9.62. The van der Waals surface area contributed by atoms with Gasteiger partial charge in [0.25, 0.3) is 0 Å². The zero-order valence-corrected chi connectivity index (χ0v) is 30.9. The number of benzene rings is 7. The molecule has 3 heterocycles. The third-order valence-electron chi connectivity index (χ3n) is 12.4. The first-order chi connectivity index (χ1) is 27.6. The summed E-state index contributed by atoms with van der Waals surface area (Å²) in [5.41, 5.74) is 13.8. The quantitative estimate of drug-likeness (QED) is 0.171. The second-order valence-corrected chi connectivity index (χ2v) is 15.6. The second kappa shape index (κ2) is 11.7. The molecule has 3 nitrogen and oxygen atoms in total. The average Bonchev–Trinajstić information content (AvgIpc) is 3.65. The number of aromatic nitrogens is 3. The van der Waals surface area contributed by atoms with Gasteiger partial charge in [-0.05, 0) is 132 Å². The zero-order chi connectivity index (χ0) is 37.0. The Labute approximate surface area is 323 Å². The van der Waals surface area contributed by atoms with Crippen molar-refractivity contribution in [2.24, 2.45) is 5.41 Å². The Hall–Kier alpha value is -7.10. The summed E-state index contributed by atoms with van der Waals surface area (Å²) in [6.07, 6.45) is 9.78. The average molecular weight is 714 g/mol. The van der Waals surface area contributed by atoms with Gasteiger partial charge >= 0.3 is 0 Å². The molecular formula is C53H35N3. The van der Waals surface area contributed by atoms with E-state index in [0.29, 0.717) is 0 Å². The van der Waals surface area contributed by atoms with Crippen LogP contribution >= 0.6 is 0 Å². The van der Waals surface area contributed by atoms with E-state index in [4.69, 9.17) is 9.97 Å². The molecular weight excluding hydrogens is 679 g/mol. The molecule has 0 saturated heterocycles. The van der Waals surface area contributed by atoms with Crippen molar-refractivity contribution in [3.63, 3.8) is 0 Å². The number of nitrogens with zero attached hydrogens (tertiary/aromatic N) is 3. The van der Waals surface area contributed by atoms with E-state index in [1.807, 2.05) is 12.3 Å². The first-order valence-corrected chi connectivity index (χ1v) is 19.5. The Bertz CT molecular complexity index is 3530. The molecule has 262 valence electrons. The lowest BCUT2D eigenvalue weighted by Crippen LogP contribution is -2.42. The number of hydrogen-bond donors (Lipinski definition) is 0. The molecule has 2 aliphatic rings. The van der Waals surface area contributed by atoms with Crippen LogP contribution in [-0.2, 0) is 0 Å². The van der Waals surface area contributed by atoms with Gasteiger partial charge in [0.05, 0.1) is 22.1 Å². The van der Waals surface area contributed by atoms with E-state index in [1.54, 1.807) is 0 Å². The van der Waals surface area contributed by atoms with Crippen molar-refractivity contribution in [2.45, 2.75) is 13.3 Å². The summed E-state index contributed by atoms with van der Waals surface area (Å²) in [5.74, 6) is 0. The summed E-state index contributed by atoms with van der Waals surface area (Å²) in [6, 6.07) is 58.0. The van der Waals surface area contributed by atoms with Crippen molar-refractivity contribution in [3.8, 4) is 11.1 Å². The van der Waals surface area contributed by atoms with E-state index in [2.05, 4.69) is 181 Å². The number of imidazole rings is 1. The van der Waals surface area contributed by atoms with Crippen LogP contribution in [0.3, 0.4) is 0 Å². The highest BCUT2D eigenvalue weighted by Gasteiger charge is 2.39. The third kappa shape index (κ3) is 4.46. The molecule has 2 aliphatic carbocycles. The van der Waals surface area contributed by atoms with Gasteiger partial charge < -0.3 is 0 Å². The highest BCUT2D eigenvalue weighted by molar-refractivity contribution is 6.12. The fourth-order valence-electron chi connectivity index (χ4n) is 9.77. The summed E-state index contributed by atoms with van der Waals surface area (Å²) in [7, 11) is 0. The van der Waals surface area contributed by atoms with Gasteiger partial charge in [0.15, 0.2) is 0 Å². The fraction of sp³-hybridized carbons (Fsp3) is 0.0566. The monoisotopic (exact) mass is 713 g/mol. The summed E-state index contributed by atoms with van der Waals surface area (Å²) in [5, 5.41) is 9.75. The molecule has 0 bridgehead atoms. The normalized spacial score (nSPS) is 16.6. The smallest absolute Gasteiger partial charge is 0.147 e. The van der Waals surface area contributed by atoms with Crippen LogP contribution in [0.4, 0.5) is 0 Å². The fourth-order valence-corrected chi connectivity index (χ4v) is 9.77. The standard InChI is InChI=1S/C53H35N3/c1-53-27-9-8-16-45(53)49(39-21-19-33-11-2-4-13-35(33)29-39)41-25-23-37(31-43(41)50(53)40-22-20-34-12-3-5-14-36(34)30-40)38-24-26-47-44(32-38)51-42(15-10-28-54-51)52-55-46-17-6-7-18-48(46)56(47)52/h2-26,28-32H,27H2,1H3. The molecule has 0 spiro atoms. The summed E-state index contributed by atoms with van der Waals surface area (Å²) < 4.78 is 2.30. The minimum Gasteiger partial charge on any atom is -0.292 e. The van der Waals surface area contributed by atoms with Crippen LogP contribution in [0, 0.1) is 5.41 Å². The van der Waals surface area contributed by atoms with Gasteiger partial charge in [-0.25, -0.2) is 4.98 Å². The van der Waals surface area contributed by atoms with E-state index in [1.165, 1.54) is 65.4 Å². The van der Waals surface area contributed by atoms with Crippen LogP contribution in [0.15, 0.2) is 188 Å². The van der Waals surface area contributed by atoms with Gasteiger partial charge in [0.2, 0.25) is 0 Å². The topological polar surface area (TPSA) is 30.2 Å². The van der Waals surface area contributed by atoms with Crippen LogP contribution in [0.5, 0.6) is 0 Å². The van der Waals surface area contributed by atoms with Crippen molar-refractivity contribution < 1.29 is 0 Å². The molecule has 10 aromatic rings. The number of pyridine rings is 2. The van der Waals surface area contributed by atoms with Crippen LogP contribution < -0.4 is 10.4 Å². The van der Waals surface area contributed by atoms with Crippen LogP contribution in [0.1, 0.15) is 24.5 Å². The van der Waals surface area contributed by atoms with Crippen molar-refractivity contribution in [1.29, 1.82) is 0 Å². The lowest BCUT2D eigenvalue weighted by Gasteiger charge is -2.41. The third-order valence-corrected chi connectivity index (χ3v) is 12.4. The maximum atomic E-state index is 5.08. The van der Waals surface area contributed by atoms with Gasteiger partial charge in [-0.3, -0.25) is 9.38 Å². The number of allylic oxidation sites excluding steroid dienone is 4. The van der Waals surface area contributed by atoms with Crippen molar-refractivity contribution in [1.82, 2.24) is 14.4 Å². The van der Waals surface area contributed by atoms with Crippen molar-refractivity contribution in [2.75, 3.05) is 0 Å². The lowest BCUT2D eigenvalue weighted by molar-refractivity contribution is 0.547. The SMILES string of the molecule is CC12CC=CC=C1C(c1ccc3ccccc3c1)=c1ccc(-c3ccc4c(c3)c3ncccc3c3nc5ccccc5n43)cc1=C2c1ccc2ccccc2c1. The van der Waals surface area contributed by atoms with Crippen LogP contribution in [-0.4, -0.2) is 14.4 Å². The molecule has 0 radical (unpaired) electrons. The first-order valence-electron chi connectivity index (χ1n) is 19.5. The minimum absolute atomic E-state index is 0.249. The van der Waals surface area contributed by atoms with Gasteiger partial charge in [0, 0.05) is 22.4 Å². The molecule has 3 aromatic heterocycles. The molecule has 56 heavy (non-hydrogen) atoms. The highest BCUT2D eigenvalue weighted by Crippen LogP contribution is 2.51. The largest absolute Gasteiger partial charge is 0.292 e. The molecule has 7 aromatic carbocycles. The van der Waals surface area contributed by atoms with Gasteiger partial charge in [-0.15, -0.1) is 0 Å². The zero-order valence-electron chi connectivity index (χ0n) is 30.9.